The summed E-state index contributed by atoms with van der Waals surface area (Å²) in [6, 6.07) is 19.5. The Morgan fingerprint density at radius 1 is 0.979 bits per heavy atom. The minimum absolute atomic E-state index is 0.0754. The molecule has 1 atom stereocenters. The van der Waals surface area contributed by atoms with E-state index >= 15 is 0 Å². The fourth-order valence-corrected chi connectivity index (χ4v) is 7.36. The number of methoxy groups -OCH3 is 1. The molecule has 4 aromatic rings. The van der Waals surface area contributed by atoms with Gasteiger partial charge < -0.3 is 24.4 Å². The highest BCUT2D eigenvalue weighted by molar-refractivity contribution is 7.91. The summed E-state index contributed by atoms with van der Waals surface area (Å²) in [6.45, 7) is 6.91. The third-order valence-corrected chi connectivity index (χ3v) is 9.68. The lowest BCUT2D eigenvalue weighted by atomic mass is 10.0. The monoisotopic (exact) mass is 660 g/mol. The van der Waals surface area contributed by atoms with Crippen LogP contribution in [0.4, 0.5) is 5.69 Å². The van der Waals surface area contributed by atoms with Gasteiger partial charge in [0.15, 0.2) is 5.03 Å². The summed E-state index contributed by atoms with van der Waals surface area (Å²) in [5.41, 5.74) is 0.499. The zero-order valence-electron chi connectivity index (χ0n) is 27.0. The lowest BCUT2D eigenvalue weighted by molar-refractivity contribution is -0.153. The molecule has 1 aromatic heterocycles. The van der Waals surface area contributed by atoms with Gasteiger partial charge in [-0.1, -0.05) is 42.5 Å². The largest absolute Gasteiger partial charge is 0.508 e. The van der Waals surface area contributed by atoms with Crippen molar-refractivity contribution in [3.8, 4) is 11.5 Å². The number of amides is 1. The number of esters is 1. The van der Waals surface area contributed by atoms with E-state index in [1.54, 1.807) is 63.1 Å². The summed E-state index contributed by atoms with van der Waals surface area (Å²) in [7, 11) is -2.63. The van der Waals surface area contributed by atoms with Crippen molar-refractivity contribution in [1.29, 1.82) is 0 Å². The second kappa shape index (κ2) is 14.0. The number of pyridine rings is 1. The molecule has 3 aromatic carbocycles. The molecule has 0 radical (unpaired) electrons. The van der Waals surface area contributed by atoms with Gasteiger partial charge in [0.25, 0.3) is 0 Å². The summed E-state index contributed by atoms with van der Waals surface area (Å²) >= 11 is 0. The van der Waals surface area contributed by atoms with E-state index in [2.05, 4.69) is 15.2 Å². The average Bonchev–Trinajstić information content (AvgIpc) is 3.05. The second-order valence-electron chi connectivity index (χ2n) is 12.3. The number of nitrogens with one attached hydrogen (secondary N) is 1. The van der Waals surface area contributed by atoms with Crippen LogP contribution in [0.15, 0.2) is 88.9 Å². The Morgan fingerprint density at radius 3 is 2.40 bits per heavy atom. The summed E-state index contributed by atoms with van der Waals surface area (Å²) < 4.78 is 39.3. The van der Waals surface area contributed by atoms with Crippen molar-refractivity contribution < 1.29 is 32.6 Å². The van der Waals surface area contributed by atoms with Gasteiger partial charge in [-0.05, 0) is 68.5 Å². The maximum atomic E-state index is 14.1. The van der Waals surface area contributed by atoms with Crippen LogP contribution < -0.4 is 15.0 Å². The van der Waals surface area contributed by atoms with Crippen LogP contribution in [0.3, 0.4) is 0 Å². The molecule has 248 valence electrons. The molecular formula is C35H40N4O7S. The number of carbonyl (C=O) groups excluding carboxylic acids is 2. The second-order valence-corrected chi connectivity index (χ2v) is 14.2. The number of carbonyl (C=O) groups is 2. The number of aromatic hydroxyl groups is 1. The Labute approximate surface area is 275 Å². The fourth-order valence-electron chi connectivity index (χ4n) is 5.70. The smallest absolute Gasteiger partial charge is 0.320 e. The van der Waals surface area contributed by atoms with E-state index in [4.69, 9.17) is 9.47 Å². The van der Waals surface area contributed by atoms with Gasteiger partial charge in [-0.3, -0.25) is 14.9 Å². The molecular weight excluding hydrogens is 620 g/mol. The molecule has 0 bridgehead atoms. The number of hydrogen-bond donors (Lipinski definition) is 2. The van der Waals surface area contributed by atoms with Crippen molar-refractivity contribution in [3.63, 3.8) is 0 Å². The van der Waals surface area contributed by atoms with Gasteiger partial charge in [0.1, 0.15) is 17.1 Å². The number of ether oxygens (including phenoxy) is 2. The first kappa shape index (κ1) is 33.7. The standard InChI is InChI=1S/C35H40N4O7S/c1-35(2,3)46-32(41)23-37-28(34(42)39-19-17-38(18-20-39)29-11-7-8-12-30(29)45-4)21-25-13-14-26(40)22-31(25)47(43,44)33-27-10-6-5-9-24(27)15-16-36-33/h5-16,22,28,37,40H,17-21,23H2,1-4H3. The summed E-state index contributed by atoms with van der Waals surface area (Å²) in [5, 5.41) is 14.4. The van der Waals surface area contributed by atoms with Crippen molar-refractivity contribution >= 4 is 38.2 Å². The molecule has 0 aliphatic carbocycles. The van der Waals surface area contributed by atoms with E-state index in [0.29, 0.717) is 42.5 Å². The summed E-state index contributed by atoms with van der Waals surface area (Å²) in [4.78, 5) is 34.7. The first-order valence-corrected chi connectivity index (χ1v) is 16.9. The highest BCUT2D eigenvalue weighted by Crippen LogP contribution is 2.32. The number of nitrogens with zero attached hydrogens (tertiary/aromatic N) is 3. The third-order valence-electron chi connectivity index (χ3n) is 7.88. The number of rotatable bonds is 10. The van der Waals surface area contributed by atoms with Crippen LogP contribution in [0.25, 0.3) is 10.8 Å². The minimum atomic E-state index is -4.25. The van der Waals surface area contributed by atoms with E-state index in [1.165, 1.54) is 24.4 Å². The molecule has 2 N–H and O–H groups in total. The number of anilines is 1. The topological polar surface area (TPSA) is 138 Å². The van der Waals surface area contributed by atoms with Crippen molar-refractivity contribution in [1.82, 2.24) is 15.2 Å². The van der Waals surface area contributed by atoms with E-state index in [-0.39, 0.29) is 34.5 Å². The molecule has 5 rings (SSSR count). The number of benzene rings is 3. The lowest BCUT2D eigenvalue weighted by Gasteiger charge is -2.38. The molecule has 0 saturated carbocycles. The van der Waals surface area contributed by atoms with Crippen LogP contribution in [-0.2, 0) is 30.6 Å². The van der Waals surface area contributed by atoms with E-state index in [0.717, 1.165) is 11.4 Å². The first-order valence-electron chi connectivity index (χ1n) is 15.4. The number of aromatic nitrogens is 1. The van der Waals surface area contributed by atoms with Gasteiger partial charge >= 0.3 is 5.97 Å². The number of sulfone groups is 1. The van der Waals surface area contributed by atoms with E-state index < -0.39 is 27.4 Å². The maximum absolute atomic E-state index is 14.1. The minimum Gasteiger partial charge on any atom is -0.508 e. The van der Waals surface area contributed by atoms with Crippen LogP contribution in [0, 0.1) is 0 Å². The fraction of sp³-hybridized carbons (Fsp3) is 0.343. The van der Waals surface area contributed by atoms with Crippen molar-refractivity contribution in [3.05, 3.63) is 84.6 Å². The first-order chi connectivity index (χ1) is 22.4. The van der Waals surface area contributed by atoms with Gasteiger partial charge in [-0.2, -0.15) is 0 Å². The molecule has 1 unspecified atom stereocenters. The Kier molecular flexibility index (Phi) is 10.0. The van der Waals surface area contributed by atoms with Crippen molar-refractivity contribution in [2.24, 2.45) is 0 Å². The highest BCUT2D eigenvalue weighted by atomic mass is 32.2. The summed E-state index contributed by atoms with van der Waals surface area (Å²) in [5.74, 6) is -0.335. The van der Waals surface area contributed by atoms with Crippen molar-refractivity contribution in [2.75, 3.05) is 44.7 Å². The zero-order chi connectivity index (χ0) is 33.8. The SMILES string of the molecule is COc1ccccc1N1CCN(C(=O)C(Cc2ccc(O)cc2S(=O)(=O)c2nccc3ccccc23)NCC(=O)OC(C)(C)C)CC1. The third kappa shape index (κ3) is 7.83. The Hall–Kier alpha value is -4.68. The van der Waals surface area contributed by atoms with Crippen LogP contribution in [-0.4, -0.2) is 86.8 Å². The van der Waals surface area contributed by atoms with Gasteiger partial charge in [0.05, 0.1) is 30.3 Å². The van der Waals surface area contributed by atoms with Crippen LogP contribution in [0.1, 0.15) is 26.3 Å². The average molecular weight is 661 g/mol. The van der Waals surface area contributed by atoms with Gasteiger partial charge in [-0.15, -0.1) is 0 Å². The quantitative estimate of drug-likeness (QED) is 0.240. The van der Waals surface area contributed by atoms with Crippen LogP contribution in [0.2, 0.25) is 0 Å². The van der Waals surface area contributed by atoms with Crippen LogP contribution in [0.5, 0.6) is 11.5 Å². The van der Waals surface area contributed by atoms with Crippen molar-refractivity contribution in [2.45, 2.75) is 48.8 Å². The number of fused-ring (bicyclic) bond motifs is 1. The van der Waals surface area contributed by atoms with Gasteiger partial charge in [-0.25, -0.2) is 13.4 Å². The molecule has 2 heterocycles. The number of phenolic OH excluding ortho intramolecular Hbond substituents is 1. The molecule has 1 amide bonds. The molecule has 1 fully saturated rings. The molecule has 1 aliphatic heterocycles. The lowest BCUT2D eigenvalue weighted by Crippen LogP contribution is -2.55. The Balaban J connectivity index is 1.44. The van der Waals surface area contributed by atoms with Gasteiger partial charge in [0, 0.05) is 37.8 Å². The maximum Gasteiger partial charge on any atom is 0.320 e. The molecule has 11 nitrogen and oxygen atoms in total. The zero-order valence-corrected chi connectivity index (χ0v) is 27.8. The number of hydrogen-bond acceptors (Lipinski definition) is 10. The molecule has 12 heteroatoms. The van der Waals surface area contributed by atoms with Crippen LogP contribution >= 0.6 is 0 Å². The Bertz CT molecular complexity index is 1860. The Morgan fingerprint density at radius 2 is 1.68 bits per heavy atom. The molecule has 47 heavy (non-hydrogen) atoms. The number of piperazine rings is 1. The highest BCUT2D eigenvalue weighted by Gasteiger charge is 2.32. The predicted octanol–water partition coefficient (Wildman–Crippen LogP) is 3.97. The van der Waals surface area contributed by atoms with E-state index in [9.17, 15) is 23.1 Å². The predicted molar refractivity (Wildman–Crippen MR) is 178 cm³/mol. The summed E-state index contributed by atoms with van der Waals surface area (Å²) in [6.07, 6.45) is 1.35. The molecule has 1 aliphatic rings. The normalized spacial score (nSPS) is 14.6. The molecule has 0 spiro atoms. The number of para-hydroxylation sites is 2. The van der Waals surface area contributed by atoms with E-state index in [1.807, 2.05) is 24.3 Å². The molecule has 1 saturated heterocycles. The van der Waals surface area contributed by atoms with Gasteiger partial charge in [0.2, 0.25) is 15.7 Å². The number of phenols is 1.